The van der Waals surface area contributed by atoms with Crippen molar-refractivity contribution in [1.29, 1.82) is 0 Å². The van der Waals surface area contributed by atoms with Crippen LogP contribution in [-0.2, 0) is 26.8 Å². The molecule has 0 atom stereocenters. The molecule has 2 N–H and O–H groups in total. The minimum Gasteiger partial charge on any atom is -0.489 e. The van der Waals surface area contributed by atoms with Crippen molar-refractivity contribution in [3.63, 3.8) is 0 Å². The molecule has 0 radical (unpaired) electrons. The Morgan fingerprint density at radius 2 is 1.66 bits per heavy atom. The van der Waals surface area contributed by atoms with Gasteiger partial charge in [-0.05, 0) is 73.6 Å². The van der Waals surface area contributed by atoms with Gasteiger partial charge in [0.1, 0.15) is 23.8 Å². The number of sulfone groups is 1. The van der Waals surface area contributed by atoms with Gasteiger partial charge in [0.2, 0.25) is 0 Å². The fourth-order valence-electron chi connectivity index (χ4n) is 5.66. The maximum absolute atomic E-state index is 12.4. The molecule has 3 aromatic carbocycles. The standard InChI is InChI=1S/C32H28Cl3NO7S/c33-25-2-1-3-26(34)29(25)30-23(31(43-36-30)19-4-5-19)17-42-21-8-11-24(27(35)14-21)32(39)15-20(16-32)18-6-9-22(10-7-18)44(40,41)13-12-28(37)38/h1-3,6-11,14,19-20,39H,4-5,12-13,15-17H2,(H,37,38). The Labute approximate surface area is 269 Å². The van der Waals surface area contributed by atoms with E-state index < -0.39 is 33.6 Å². The van der Waals surface area contributed by atoms with Crippen molar-refractivity contribution in [3.8, 4) is 17.0 Å². The van der Waals surface area contributed by atoms with Crippen LogP contribution in [0.4, 0.5) is 0 Å². The minimum atomic E-state index is -3.69. The predicted molar refractivity (Wildman–Crippen MR) is 166 cm³/mol. The highest BCUT2D eigenvalue weighted by molar-refractivity contribution is 7.91. The monoisotopic (exact) mass is 675 g/mol. The first kappa shape index (κ1) is 30.9. The molecular weight excluding hydrogens is 649 g/mol. The Morgan fingerprint density at radius 1 is 0.977 bits per heavy atom. The van der Waals surface area contributed by atoms with Gasteiger partial charge in [0, 0.05) is 17.0 Å². The number of nitrogens with zero attached hydrogens (tertiary/aromatic N) is 1. The van der Waals surface area contributed by atoms with Crippen LogP contribution >= 0.6 is 34.8 Å². The smallest absolute Gasteiger partial charge is 0.304 e. The Morgan fingerprint density at radius 3 is 2.27 bits per heavy atom. The number of rotatable bonds is 11. The molecule has 0 amide bonds. The van der Waals surface area contributed by atoms with E-state index >= 15 is 0 Å². The Bertz CT molecular complexity index is 1810. The van der Waals surface area contributed by atoms with Gasteiger partial charge < -0.3 is 19.5 Å². The lowest BCUT2D eigenvalue weighted by atomic mass is 9.65. The number of ether oxygens (including phenoxy) is 1. The molecule has 0 spiro atoms. The Balaban J connectivity index is 1.13. The summed E-state index contributed by atoms with van der Waals surface area (Å²) in [6.07, 6.45) is 2.38. The zero-order chi connectivity index (χ0) is 31.2. The van der Waals surface area contributed by atoms with Crippen LogP contribution < -0.4 is 4.74 Å². The van der Waals surface area contributed by atoms with Gasteiger partial charge in [-0.3, -0.25) is 4.79 Å². The number of halogens is 3. The lowest BCUT2D eigenvalue weighted by molar-refractivity contribution is -0.136. The van der Waals surface area contributed by atoms with Gasteiger partial charge in [-0.2, -0.15) is 0 Å². The lowest BCUT2D eigenvalue weighted by Gasteiger charge is -2.44. The van der Waals surface area contributed by atoms with Gasteiger partial charge in [0.25, 0.3) is 0 Å². The number of hydrogen-bond acceptors (Lipinski definition) is 7. The topological polar surface area (TPSA) is 127 Å². The van der Waals surface area contributed by atoms with Crippen molar-refractivity contribution >= 4 is 50.6 Å². The maximum Gasteiger partial charge on any atom is 0.304 e. The van der Waals surface area contributed by atoms with Gasteiger partial charge in [-0.25, -0.2) is 8.42 Å². The highest BCUT2D eigenvalue weighted by Crippen LogP contribution is 2.53. The average molecular weight is 677 g/mol. The third-order valence-corrected chi connectivity index (χ3v) is 10.9. The molecule has 2 aliphatic rings. The largest absolute Gasteiger partial charge is 0.489 e. The van der Waals surface area contributed by atoms with E-state index in [0.717, 1.165) is 29.7 Å². The second-order valence-electron chi connectivity index (χ2n) is 11.3. The first-order valence-corrected chi connectivity index (χ1v) is 16.9. The molecule has 0 saturated heterocycles. The molecule has 230 valence electrons. The molecule has 8 nitrogen and oxygen atoms in total. The van der Waals surface area contributed by atoms with Crippen LogP contribution in [0, 0.1) is 0 Å². The van der Waals surface area contributed by atoms with Crippen molar-refractivity contribution in [2.45, 2.75) is 61.0 Å². The zero-order valence-electron chi connectivity index (χ0n) is 23.3. The lowest BCUT2D eigenvalue weighted by Crippen LogP contribution is -2.40. The number of carbonyl (C=O) groups is 1. The molecule has 1 heterocycles. The van der Waals surface area contributed by atoms with E-state index in [0.29, 0.717) is 50.5 Å². The summed E-state index contributed by atoms with van der Waals surface area (Å²) in [5.74, 6) is -0.0621. The summed E-state index contributed by atoms with van der Waals surface area (Å²) in [6, 6.07) is 16.8. The van der Waals surface area contributed by atoms with Crippen LogP contribution in [0.15, 0.2) is 70.1 Å². The van der Waals surface area contributed by atoms with E-state index in [2.05, 4.69) is 5.16 Å². The van der Waals surface area contributed by atoms with Gasteiger partial charge in [0.05, 0.1) is 43.3 Å². The summed E-state index contributed by atoms with van der Waals surface area (Å²) in [4.78, 5) is 10.8. The highest BCUT2D eigenvalue weighted by Gasteiger charge is 2.45. The second-order valence-corrected chi connectivity index (χ2v) is 14.7. The molecule has 4 aromatic rings. The molecule has 0 bridgehead atoms. The number of benzene rings is 3. The minimum absolute atomic E-state index is 0.00672. The van der Waals surface area contributed by atoms with Crippen LogP contribution in [0.2, 0.25) is 15.1 Å². The molecule has 2 saturated carbocycles. The van der Waals surface area contributed by atoms with Crippen LogP contribution in [0.5, 0.6) is 5.75 Å². The SMILES string of the molecule is O=C(O)CCS(=O)(=O)c1ccc(C2CC(O)(c3ccc(OCc4c(-c5c(Cl)cccc5Cl)noc4C4CC4)cc3Cl)C2)cc1. The molecular formula is C32H28Cl3NO7S. The summed E-state index contributed by atoms with van der Waals surface area (Å²) < 4.78 is 36.6. The molecule has 0 aliphatic heterocycles. The fraction of sp³-hybridized carbons (Fsp3) is 0.312. The summed E-state index contributed by atoms with van der Waals surface area (Å²) in [7, 11) is -3.69. The van der Waals surface area contributed by atoms with E-state index in [-0.39, 0.29) is 23.3 Å². The Hall–Kier alpha value is -3.08. The highest BCUT2D eigenvalue weighted by atomic mass is 35.5. The van der Waals surface area contributed by atoms with Gasteiger partial charge in [0.15, 0.2) is 9.84 Å². The predicted octanol–water partition coefficient (Wildman–Crippen LogP) is 7.77. The summed E-state index contributed by atoms with van der Waals surface area (Å²) in [5.41, 5.74) is 2.25. The number of aliphatic carboxylic acids is 1. The zero-order valence-corrected chi connectivity index (χ0v) is 26.4. The van der Waals surface area contributed by atoms with Crippen LogP contribution in [-0.4, -0.2) is 35.5 Å². The molecule has 44 heavy (non-hydrogen) atoms. The summed E-state index contributed by atoms with van der Waals surface area (Å²) in [5, 5.41) is 25.8. The van der Waals surface area contributed by atoms with Crippen molar-refractivity contribution in [2.24, 2.45) is 0 Å². The molecule has 12 heteroatoms. The van der Waals surface area contributed by atoms with Gasteiger partial charge in [-0.1, -0.05) is 64.2 Å². The molecule has 0 unspecified atom stereocenters. The normalized spacial score (nSPS) is 19.9. The number of aliphatic hydroxyl groups is 1. The first-order chi connectivity index (χ1) is 20.9. The van der Waals surface area contributed by atoms with E-state index in [4.69, 9.17) is 49.2 Å². The number of carboxylic acids is 1. The van der Waals surface area contributed by atoms with E-state index in [1.807, 2.05) is 0 Å². The average Bonchev–Trinajstić information content (AvgIpc) is 3.73. The third-order valence-electron chi connectivity index (χ3n) is 8.25. The summed E-state index contributed by atoms with van der Waals surface area (Å²) in [6.45, 7) is 0.163. The fourth-order valence-corrected chi connectivity index (χ4v) is 7.82. The van der Waals surface area contributed by atoms with Crippen molar-refractivity contribution in [3.05, 3.63) is 98.2 Å². The van der Waals surface area contributed by atoms with Crippen LogP contribution in [0.1, 0.15) is 66.4 Å². The van der Waals surface area contributed by atoms with Crippen molar-refractivity contribution < 1.29 is 32.7 Å². The first-order valence-electron chi connectivity index (χ1n) is 14.1. The van der Waals surface area contributed by atoms with E-state index in [9.17, 15) is 18.3 Å². The quantitative estimate of drug-likeness (QED) is 0.165. The molecule has 6 rings (SSSR count). The van der Waals surface area contributed by atoms with Crippen LogP contribution in [0.25, 0.3) is 11.3 Å². The molecule has 2 fully saturated rings. The third kappa shape index (κ3) is 6.21. The van der Waals surface area contributed by atoms with Gasteiger partial charge in [-0.15, -0.1) is 0 Å². The maximum atomic E-state index is 12.4. The molecule has 1 aromatic heterocycles. The number of aromatic nitrogens is 1. The van der Waals surface area contributed by atoms with E-state index in [1.165, 1.54) is 12.1 Å². The second kappa shape index (κ2) is 12.0. The van der Waals surface area contributed by atoms with Crippen molar-refractivity contribution in [2.75, 3.05) is 5.75 Å². The Kier molecular flexibility index (Phi) is 8.45. The number of carboxylic acid groups (broad SMARTS) is 1. The van der Waals surface area contributed by atoms with E-state index in [1.54, 1.807) is 48.5 Å². The van der Waals surface area contributed by atoms with Crippen LogP contribution in [0.3, 0.4) is 0 Å². The van der Waals surface area contributed by atoms with Gasteiger partial charge >= 0.3 is 5.97 Å². The molecule has 2 aliphatic carbocycles. The number of hydrogen-bond donors (Lipinski definition) is 2. The summed E-state index contributed by atoms with van der Waals surface area (Å²) >= 11 is 19.6. The van der Waals surface area contributed by atoms with Crippen molar-refractivity contribution in [1.82, 2.24) is 5.16 Å².